The van der Waals surface area contributed by atoms with Gasteiger partial charge in [-0.2, -0.15) is 0 Å². The van der Waals surface area contributed by atoms with Gasteiger partial charge in [0.2, 0.25) is 0 Å². The Morgan fingerprint density at radius 1 is 1.27 bits per heavy atom. The van der Waals surface area contributed by atoms with Gasteiger partial charge in [0.05, 0.1) is 7.11 Å². The van der Waals surface area contributed by atoms with Gasteiger partial charge in [0.1, 0.15) is 5.54 Å². The molecular formula is C7H16N2O2. The Kier molecular flexibility index (Phi) is 2.64. The highest BCUT2D eigenvalue weighted by Crippen LogP contribution is 2.16. The normalized spacial score (nSPS) is 17.3. The third-order valence-electron chi connectivity index (χ3n) is 1.95. The second kappa shape index (κ2) is 2.79. The average Bonchev–Trinajstić information content (AvgIpc) is 1.83. The molecule has 11 heavy (non-hydrogen) atoms. The lowest BCUT2D eigenvalue weighted by atomic mass is 9.83. The van der Waals surface area contributed by atoms with Crippen molar-refractivity contribution in [3.05, 3.63) is 0 Å². The molecule has 0 aliphatic carbocycles. The summed E-state index contributed by atoms with van der Waals surface area (Å²) in [7, 11) is 1.29. The Hall–Kier alpha value is -0.610. The lowest BCUT2D eigenvalue weighted by Crippen LogP contribution is -2.65. The number of ether oxygens (including phenoxy) is 1. The van der Waals surface area contributed by atoms with Gasteiger partial charge >= 0.3 is 5.97 Å². The molecule has 0 rings (SSSR count). The molecule has 0 saturated heterocycles. The van der Waals surface area contributed by atoms with E-state index in [1.807, 2.05) is 0 Å². The molecule has 0 fully saturated rings. The second-order valence-corrected chi connectivity index (χ2v) is 3.42. The minimum atomic E-state index is -1.14. The van der Waals surface area contributed by atoms with Crippen LogP contribution in [0.15, 0.2) is 0 Å². The summed E-state index contributed by atoms with van der Waals surface area (Å²) in [6.45, 7) is 4.92. The summed E-state index contributed by atoms with van der Waals surface area (Å²) in [5.41, 5.74) is 9.40. The SMILES string of the molecule is COC(=O)C(C)(N)C(C)(C)N. The number of carbonyl (C=O) groups is 1. The molecule has 0 heterocycles. The molecule has 4 heteroatoms. The fraction of sp³-hybridized carbons (Fsp3) is 0.857. The number of methoxy groups -OCH3 is 1. The molecular weight excluding hydrogens is 144 g/mol. The highest BCUT2D eigenvalue weighted by atomic mass is 16.5. The van der Waals surface area contributed by atoms with Crippen LogP contribution in [0.3, 0.4) is 0 Å². The van der Waals surface area contributed by atoms with Crippen molar-refractivity contribution >= 4 is 5.97 Å². The molecule has 1 unspecified atom stereocenters. The lowest BCUT2D eigenvalue weighted by Gasteiger charge is -2.34. The van der Waals surface area contributed by atoms with Crippen molar-refractivity contribution in [2.24, 2.45) is 11.5 Å². The van der Waals surface area contributed by atoms with Crippen LogP contribution in [0.1, 0.15) is 20.8 Å². The molecule has 1 atom stereocenters. The van der Waals surface area contributed by atoms with Gasteiger partial charge in [-0.15, -0.1) is 0 Å². The maximum absolute atomic E-state index is 11.1. The van der Waals surface area contributed by atoms with Crippen molar-refractivity contribution in [1.29, 1.82) is 0 Å². The summed E-state index contributed by atoms with van der Waals surface area (Å²) in [6, 6.07) is 0. The predicted octanol–water partition coefficient (Wildman–Crippen LogP) is -0.386. The van der Waals surface area contributed by atoms with E-state index in [-0.39, 0.29) is 0 Å². The molecule has 0 aromatic rings. The second-order valence-electron chi connectivity index (χ2n) is 3.42. The highest BCUT2D eigenvalue weighted by molar-refractivity contribution is 5.81. The number of rotatable bonds is 2. The van der Waals surface area contributed by atoms with Crippen molar-refractivity contribution in [2.45, 2.75) is 31.8 Å². The Morgan fingerprint density at radius 3 is 1.73 bits per heavy atom. The van der Waals surface area contributed by atoms with Crippen molar-refractivity contribution in [1.82, 2.24) is 0 Å². The summed E-state index contributed by atoms with van der Waals surface area (Å²) < 4.78 is 4.50. The topological polar surface area (TPSA) is 78.3 Å². The third kappa shape index (κ3) is 1.91. The first-order valence-corrected chi connectivity index (χ1v) is 3.39. The Morgan fingerprint density at radius 2 is 1.64 bits per heavy atom. The standard InChI is InChI=1S/C7H16N2O2/c1-6(2,8)7(3,9)5(10)11-4/h8-9H2,1-4H3. The van der Waals surface area contributed by atoms with Gasteiger partial charge < -0.3 is 16.2 Å². The summed E-state index contributed by atoms with van der Waals surface area (Å²) in [6.07, 6.45) is 0. The van der Waals surface area contributed by atoms with Crippen molar-refractivity contribution in [2.75, 3.05) is 7.11 Å². The van der Waals surface area contributed by atoms with Gasteiger partial charge in [-0.1, -0.05) is 0 Å². The summed E-state index contributed by atoms with van der Waals surface area (Å²) in [5.74, 6) is -0.495. The van der Waals surface area contributed by atoms with Crippen LogP contribution in [0.25, 0.3) is 0 Å². The van der Waals surface area contributed by atoms with Gasteiger partial charge in [-0.3, -0.25) is 4.79 Å². The van der Waals surface area contributed by atoms with Crippen LogP contribution < -0.4 is 11.5 Å². The minimum absolute atomic E-state index is 0.495. The Balaban J connectivity index is 4.59. The Labute approximate surface area is 66.9 Å². The smallest absolute Gasteiger partial charge is 0.327 e. The zero-order valence-corrected chi connectivity index (χ0v) is 7.47. The largest absolute Gasteiger partial charge is 0.468 e. The molecule has 0 bridgehead atoms. The number of nitrogens with two attached hydrogens (primary N) is 2. The molecule has 0 aromatic heterocycles. The first-order chi connectivity index (χ1) is 4.73. The van der Waals surface area contributed by atoms with Crippen LogP contribution in [-0.2, 0) is 9.53 Å². The maximum Gasteiger partial charge on any atom is 0.327 e. The van der Waals surface area contributed by atoms with Gasteiger partial charge in [0, 0.05) is 5.54 Å². The van der Waals surface area contributed by atoms with E-state index >= 15 is 0 Å². The van der Waals surface area contributed by atoms with E-state index in [1.165, 1.54) is 7.11 Å². The van der Waals surface area contributed by atoms with Crippen LogP contribution in [0.5, 0.6) is 0 Å². The van der Waals surface area contributed by atoms with E-state index in [4.69, 9.17) is 11.5 Å². The van der Waals surface area contributed by atoms with Gasteiger partial charge in [0.25, 0.3) is 0 Å². The maximum atomic E-state index is 11.1. The quantitative estimate of drug-likeness (QED) is 0.539. The van der Waals surface area contributed by atoms with Gasteiger partial charge in [-0.05, 0) is 20.8 Å². The molecule has 4 nitrogen and oxygen atoms in total. The molecule has 66 valence electrons. The first-order valence-electron chi connectivity index (χ1n) is 3.39. The van der Waals surface area contributed by atoms with Gasteiger partial charge in [0.15, 0.2) is 0 Å². The third-order valence-corrected chi connectivity index (χ3v) is 1.95. The molecule has 0 saturated carbocycles. The monoisotopic (exact) mass is 160 g/mol. The van der Waals surface area contributed by atoms with Crippen LogP contribution in [0, 0.1) is 0 Å². The summed E-state index contributed by atoms with van der Waals surface area (Å²) in [4.78, 5) is 11.1. The van der Waals surface area contributed by atoms with Crippen molar-refractivity contribution in [3.8, 4) is 0 Å². The predicted molar refractivity (Wildman–Crippen MR) is 42.9 cm³/mol. The number of esters is 1. The summed E-state index contributed by atoms with van der Waals surface area (Å²) >= 11 is 0. The molecule has 0 spiro atoms. The van der Waals surface area contributed by atoms with E-state index in [0.29, 0.717) is 0 Å². The zero-order chi connectivity index (χ0) is 9.28. The highest BCUT2D eigenvalue weighted by Gasteiger charge is 2.42. The van der Waals surface area contributed by atoms with Gasteiger partial charge in [-0.25, -0.2) is 0 Å². The molecule has 0 aromatic carbocycles. The van der Waals surface area contributed by atoms with Crippen LogP contribution in [0.4, 0.5) is 0 Å². The van der Waals surface area contributed by atoms with E-state index in [9.17, 15) is 4.79 Å². The van der Waals surface area contributed by atoms with Crippen LogP contribution in [-0.4, -0.2) is 24.2 Å². The van der Waals surface area contributed by atoms with Crippen LogP contribution in [0.2, 0.25) is 0 Å². The van der Waals surface area contributed by atoms with Crippen molar-refractivity contribution in [3.63, 3.8) is 0 Å². The average molecular weight is 160 g/mol. The van der Waals surface area contributed by atoms with E-state index in [2.05, 4.69) is 4.74 Å². The molecule has 4 N–H and O–H groups in total. The number of hydrogen-bond acceptors (Lipinski definition) is 4. The lowest BCUT2D eigenvalue weighted by molar-refractivity contribution is -0.148. The minimum Gasteiger partial charge on any atom is -0.468 e. The fourth-order valence-corrected chi connectivity index (χ4v) is 0.475. The fourth-order valence-electron chi connectivity index (χ4n) is 0.475. The van der Waals surface area contributed by atoms with E-state index < -0.39 is 17.0 Å². The van der Waals surface area contributed by atoms with E-state index in [1.54, 1.807) is 20.8 Å². The Bertz CT molecular complexity index is 158. The molecule has 0 aliphatic heterocycles. The van der Waals surface area contributed by atoms with E-state index in [0.717, 1.165) is 0 Å². The zero-order valence-electron chi connectivity index (χ0n) is 7.47. The molecule has 0 aliphatic rings. The molecule has 0 radical (unpaired) electrons. The number of carbonyl (C=O) groups excluding carboxylic acids is 1. The number of hydrogen-bond donors (Lipinski definition) is 2. The molecule has 0 amide bonds. The first kappa shape index (κ1) is 10.4. The van der Waals surface area contributed by atoms with Crippen LogP contribution >= 0.6 is 0 Å². The van der Waals surface area contributed by atoms with Crippen molar-refractivity contribution < 1.29 is 9.53 Å². The summed E-state index contributed by atoms with van der Waals surface area (Å²) in [5, 5.41) is 0.